The van der Waals surface area contributed by atoms with Gasteiger partial charge in [-0.25, -0.2) is 0 Å². The van der Waals surface area contributed by atoms with Crippen molar-refractivity contribution in [1.29, 1.82) is 0 Å². The maximum atomic E-state index is 8.57. The molecule has 3 N–H and O–H groups in total. The first kappa shape index (κ1) is 13.1. The average molecular weight is 308 g/mol. The summed E-state index contributed by atoms with van der Waals surface area (Å²) in [6.07, 6.45) is 0.103. The minimum atomic E-state index is -0.483. The van der Waals surface area contributed by atoms with Crippen LogP contribution >= 0.6 is 27.5 Å². The molecule has 0 aliphatic rings. The fraction of sp³-hybridized carbons (Fsp3) is 0.300. The average Bonchev–Trinajstić information content (AvgIpc) is 2.27. The highest BCUT2D eigenvalue weighted by Gasteiger charge is 2.15. The van der Waals surface area contributed by atoms with Gasteiger partial charge in [-0.05, 0) is 24.6 Å². The number of benzene rings is 1. The van der Waals surface area contributed by atoms with Crippen LogP contribution < -0.4 is 10.5 Å². The maximum Gasteiger partial charge on any atom is 0.180 e. The van der Waals surface area contributed by atoms with Crippen molar-refractivity contribution in [1.82, 2.24) is 0 Å². The topological polar surface area (TPSA) is 67.8 Å². The fourth-order valence-corrected chi connectivity index (χ4v) is 1.86. The number of hydrogen-bond acceptors (Lipinski definition) is 3. The molecule has 1 rings (SSSR count). The molecule has 1 aromatic carbocycles. The third kappa shape index (κ3) is 3.28. The first-order valence-electron chi connectivity index (χ1n) is 4.67. The zero-order chi connectivity index (χ0) is 12.1. The van der Waals surface area contributed by atoms with Crippen molar-refractivity contribution in [2.24, 2.45) is 10.9 Å². The van der Waals surface area contributed by atoms with Crippen LogP contribution in [0.1, 0.15) is 13.3 Å². The molecule has 6 heteroatoms. The monoisotopic (exact) mass is 306 g/mol. The van der Waals surface area contributed by atoms with Crippen LogP contribution in [0.2, 0.25) is 5.02 Å². The lowest BCUT2D eigenvalue weighted by Gasteiger charge is -2.16. The van der Waals surface area contributed by atoms with Crippen LogP contribution in [0.4, 0.5) is 0 Å². The van der Waals surface area contributed by atoms with Gasteiger partial charge in [0.2, 0.25) is 0 Å². The zero-order valence-electron chi connectivity index (χ0n) is 8.65. The fourth-order valence-electron chi connectivity index (χ4n) is 1.14. The third-order valence-corrected chi connectivity index (χ3v) is 2.77. The van der Waals surface area contributed by atoms with E-state index in [0.717, 1.165) is 4.47 Å². The van der Waals surface area contributed by atoms with Gasteiger partial charge in [-0.15, -0.1) is 0 Å². The molecular formula is C10H12BrClN2O2. The first-order valence-corrected chi connectivity index (χ1v) is 5.84. The summed E-state index contributed by atoms with van der Waals surface area (Å²) in [5.74, 6) is 0.532. The molecule has 16 heavy (non-hydrogen) atoms. The second-order valence-electron chi connectivity index (χ2n) is 3.11. The van der Waals surface area contributed by atoms with Crippen molar-refractivity contribution in [3.63, 3.8) is 0 Å². The quantitative estimate of drug-likeness (QED) is 0.389. The van der Waals surface area contributed by atoms with Gasteiger partial charge < -0.3 is 15.7 Å². The largest absolute Gasteiger partial charge is 0.481 e. The van der Waals surface area contributed by atoms with E-state index in [-0.39, 0.29) is 5.84 Å². The number of oxime groups is 1. The van der Waals surface area contributed by atoms with Gasteiger partial charge in [-0.2, -0.15) is 0 Å². The van der Waals surface area contributed by atoms with E-state index in [1.54, 1.807) is 18.2 Å². The van der Waals surface area contributed by atoms with Crippen molar-refractivity contribution >= 4 is 33.4 Å². The van der Waals surface area contributed by atoms with Gasteiger partial charge in [0.15, 0.2) is 11.9 Å². The summed E-state index contributed by atoms with van der Waals surface area (Å²) in [6, 6.07) is 5.25. The van der Waals surface area contributed by atoms with Crippen LogP contribution in [0.5, 0.6) is 5.75 Å². The lowest BCUT2D eigenvalue weighted by atomic mass is 10.2. The molecule has 0 spiro atoms. The molecule has 0 aromatic heterocycles. The standard InChI is InChI=1S/C10H12BrClN2O2/c1-2-8(10(13)14-15)16-9-4-3-6(11)5-7(9)12/h3-5,8,15H,2H2,1H3,(H2,13,14). The number of halogens is 2. The normalized spacial score (nSPS) is 13.6. The highest BCUT2D eigenvalue weighted by atomic mass is 79.9. The van der Waals surface area contributed by atoms with E-state index in [0.29, 0.717) is 17.2 Å². The second-order valence-corrected chi connectivity index (χ2v) is 4.44. The molecule has 0 fully saturated rings. The molecule has 0 saturated heterocycles. The summed E-state index contributed by atoms with van der Waals surface area (Å²) in [6.45, 7) is 1.87. The van der Waals surface area contributed by atoms with E-state index in [9.17, 15) is 0 Å². The van der Waals surface area contributed by atoms with Gasteiger partial charge in [0.25, 0.3) is 0 Å². The maximum absolute atomic E-state index is 8.57. The molecular weight excluding hydrogens is 295 g/mol. The first-order chi connectivity index (χ1) is 7.58. The number of nitrogens with two attached hydrogens (primary N) is 1. The van der Waals surface area contributed by atoms with Gasteiger partial charge in [0.1, 0.15) is 5.75 Å². The van der Waals surface area contributed by atoms with Gasteiger partial charge in [0.05, 0.1) is 5.02 Å². The third-order valence-electron chi connectivity index (χ3n) is 1.98. The van der Waals surface area contributed by atoms with Crippen LogP contribution in [0.15, 0.2) is 27.8 Å². The highest BCUT2D eigenvalue weighted by Crippen LogP contribution is 2.28. The highest BCUT2D eigenvalue weighted by molar-refractivity contribution is 9.10. The number of ether oxygens (including phenoxy) is 1. The van der Waals surface area contributed by atoms with Crippen LogP contribution in [-0.2, 0) is 0 Å². The summed E-state index contributed by atoms with van der Waals surface area (Å²) < 4.78 is 6.40. The molecule has 0 saturated carbocycles. The Hall–Kier alpha value is -0.940. The van der Waals surface area contributed by atoms with E-state index in [1.807, 2.05) is 6.92 Å². The van der Waals surface area contributed by atoms with Crippen LogP contribution in [-0.4, -0.2) is 17.1 Å². The molecule has 0 aliphatic heterocycles. The number of rotatable bonds is 4. The second kappa shape index (κ2) is 5.96. The molecule has 0 heterocycles. The van der Waals surface area contributed by atoms with Crippen molar-refractivity contribution in [3.8, 4) is 5.75 Å². The van der Waals surface area contributed by atoms with Crippen molar-refractivity contribution in [3.05, 3.63) is 27.7 Å². The van der Waals surface area contributed by atoms with E-state index in [1.165, 1.54) is 0 Å². The SMILES string of the molecule is CCC(Oc1ccc(Br)cc1Cl)C(N)=NO. The number of nitrogens with zero attached hydrogens (tertiary/aromatic N) is 1. The van der Waals surface area contributed by atoms with E-state index in [4.69, 9.17) is 27.3 Å². The molecule has 1 atom stereocenters. The van der Waals surface area contributed by atoms with Crippen LogP contribution in [0.3, 0.4) is 0 Å². The Labute approximate surface area is 107 Å². The predicted octanol–water partition coefficient (Wildman–Crippen LogP) is 3.01. The molecule has 88 valence electrons. The van der Waals surface area contributed by atoms with Gasteiger partial charge in [-0.3, -0.25) is 0 Å². The Morgan fingerprint density at radius 3 is 2.88 bits per heavy atom. The Kier molecular flexibility index (Phi) is 4.89. The van der Waals surface area contributed by atoms with Gasteiger partial charge >= 0.3 is 0 Å². The molecule has 0 bridgehead atoms. The van der Waals surface area contributed by atoms with Crippen molar-refractivity contribution in [2.75, 3.05) is 0 Å². The molecule has 0 aliphatic carbocycles. The number of amidine groups is 1. The Morgan fingerprint density at radius 2 is 2.38 bits per heavy atom. The van der Waals surface area contributed by atoms with Crippen LogP contribution in [0, 0.1) is 0 Å². The van der Waals surface area contributed by atoms with Crippen molar-refractivity contribution in [2.45, 2.75) is 19.4 Å². The Balaban J connectivity index is 2.86. The van der Waals surface area contributed by atoms with Gasteiger partial charge in [-0.1, -0.05) is 39.6 Å². The Bertz CT molecular complexity index is 398. The van der Waals surface area contributed by atoms with E-state index < -0.39 is 6.10 Å². The summed E-state index contributed by atoms with van der Waals surface area (Å²) >= 11 is 9.27. The smallest absolute Gasteiger partial charge is 0.180 e. The summed E-state index contributed by atoms with van der Waals surface area (Å²) in [7, 11) is 0. The van der Waals surface area contributed by atoms with E-state index in [2.05, 4.69) is 21.1 Å². The molecule has 0 radical (unpaired) electrons. The predicted molar refractivity (Wildman–Crippen MR) is 67.3 cm³/mol. The minimum Gasteiger partial charge on any atom is -0.481 e. The molecule has 1 unspecified atom stereocenters. The minimum absolute atomic E-state index is 0.0292. The Morgan fingerprint density at radius 1 is 1.69 bits per heavy atom. The lowest BCUT2D eigenvalue weighted by molar-refractivity contribution is 0.246. The molecule has 0 amide bonds. The summed E-state index contributed by atoms with van der Waals surface area (Å²) in [5, 5.41) is 12.0. The number of hydrogen-bond donors (Lipinski definition) is 2. The van der Waals surface area contributed by atoms with Crippen LogP contribution in [0.25, 0.3) is 0 Å². The zero-order valence-corrected chi connectivity index (χ0v) is 11.0. The van der Waals surface area contributed by atoms with Gasteiger partial charge in [0, 0.05) is 4.47 Å². The van der Waals surface area contributed by atoms with Crippen molar-refractivity contribution < 1.29 is 9.94 Å². The lowest BCUT2D eigenvalue weighted by Crippen LogP contribution is -2.33. The summed E-state index contributed by atoms with van der Waals surface area (Å²) in [4.78, 5) is 0. The molecule has 1 aromatic rings. The van der Waals surface area contributed by atoms with E-state index >= 15 is 0 Å². The summed E-state index contributed by atoms with van der Waals surface area (Å²) in [5.41, 5.74) is 5.48. The molecule has 4 nitrogen and oxygen atoms in total.